The number of halogens is 1. The van der Waals surface area contributed by atoms with Crippen LogP contribution in [0.1, 0.15) is 13.8 Å². The molecule has 0 rings (SSSR count). The molecule has 0 spiro atoms. The zero-order valence-corrected chi connectivity index (χ0v) is 5.76. The normalized spacial score (nSPS) is 13.9. The van der Waals surface area contributed by atoms with Crippen LogP contribution < -0.4 is 0 Å². The van der Waals surface area contributed by atoms with Crippen LogP contribution in [0.25, 0.3) is 0 Å². The molecule has 0 amide bonds. The molecule has 0 N–H and O–H groups in total. The van der Waals surface area contributed by atoms with E-state index in [2.05, 4.69) is 0 Å². The molecule has 0 bridgehead atoms. The lowest BCUT2D eigenvalue weighted by Gasteiger charge is -1.78. The third kappa shape index (κ3) is 5.01. The van der Waals surface area contributed by atoms with Crippen LogP contribution in [-0.2, 0) is 0 Å². The fraction of sp³-hybridized carbons (Fsp3) is 0.250. The lowest BCUT2D eigenvalue weighted by atomic mass is 10.4. The average molecular weight is 126 g/mol. The van der Waals surface area contributed by atoms with E-state index in [1.165, 1.54) is 12.2 Å². The van der Waals surface area contributed by atoms with E-state index in [4.69, 9.17) is 0 Å². The summed E-state index contributed by atoms with van der Waals surface area (Å²) in [6.07, 6.45) is 8.12. The van der Waals surface area contributed by atoms with Crippen molar-refractivity contribution in [1.29, 1.82) is 0 Å². The van der Waals surface area contributed by atoms with Crippen molar-refractivity contribution < 1.29 is 4.39 Å². The summed E-state index contributed by atoms with van der Waals surface area (Å²) in [5.41, 5.74) is 0. The van der Waals surface area contributed by atoms with Crippen molar-refractivity contribution in [2.24, 2.45) is 0 Å². The number of hydrogen-bond acceptors (Lipinski definition) is 0. The second-order valence-electron chi connectivity index (χ2n) is 1.56. The highest BCUT2D eigenvalue weighted by Gasteiger charge is 1.77. The maximum Gasteiger partial charge on any atom is 0.118 e. The van der Waals surface area contributed by atoms with Gasteiger partial charge in [-0.3, -0.25) is 0 Å². The monoisotopic (exact) mass is 126 g/mol. The Balaban J connectivity index is 3.71. The largest absolute Gasteiger partial charge is 0.207 e. The van der Waals surface area contributed by atoms with Crippen molar-refractivity contribution >= 4 is 0 Å². The van der Waals surface area contributed by atoms with E-state index in [1.807, 2.05) is 13.0 Å². The van der Waals surface area contributed by atoms with Gasteiger partial charge in [-0.2, -0.15) is 0 Å². The van der Waals surface area contributed by atoms with Gasteiger partial charge in [0.05, 0.1) is 0 Å². The Morgan fingerprint density at radius 2 is 1.89 bits per heavy atom. The zero-order valence-electron chi connectivity index (χ0n) is 5.76. The highest BCUT2D eigenvalue weighted by Crippen LogP contribution is 1.96. The molecule has 0 unspecified atom stereocenters. The molecular formula is C8H11F. The van der Waals surface area contributed by atoms with Gasteiger partial charge < -0.3 is 0 Å². The molecule has 0 aromatic carbocycles. The minimum absolute atomic E-state index is 0.201. The number of hydrogen-bond donors (Lipinski definition) is 0. The fourth-order valence-corrected chi connectivity index (χ4v) is 0.355. The fourth-order valence-electron chi connectivity index (χ4n) is 0.355. The molecule has 0 aromatic heterocycles. The van der Waals surface area contributed by atoms with Crippen molar-refractivity contribution in [3.8, 4) is 0 Å². The van der Waals surface area contributed by atoms with E-state index in [9.17, 15) is 4.39 Å². The molecule has 0 nitrogen and oxygen atoms in total. The summed E-state index contributed by atoms with van der Waals surface area (Å²) in [5.74, 6) is -0.201. The van der Waals surface area contributed by atoms with Crippen molar-refractivity contribution in [3.63, 3.8) is 0 Å². The summed E-state index contributed by atoms with van der Waals surface area (Å²) >= 11 is 0. The molecule has 0 aliphatic heterocycles. The Kier molecular flexibility index (Phi) is 4.79. The Labute approximate surface area is 55.4 Å². The van der Waals surface area contributed by atoms with Crippen molar-refractivity contribution in [2.45, 2.75) is 13.8 Å². The highest BCUT2D eigenvalue weighted by atomic mass is 19.1. The van der Waals surface area contributed by atoms with Gasteiger partial charge in [0.2, 0.25) is 0 Å². The predicted octanol–water partition coefficient (Wildman–Crippen LogP) is 2.99. The van der Waals surface area contributed by atoms with Crippen LogP contribution in [0.15, 0.2) is 36.2 Å². The molecule has 0 atom stereocenters. The summed E-state index contributed by atoms with van der Waals surface area (Å²) in [6.45, 7) is 3.55. The predicted molar refractivity (Wildman–Crippen MR) is 38.8 cm³/mol. The molecule has 50 valence electrons. The first-order valence-electron chi connectivity index (χ1n) is 2.92. The van der Waals surface area contributed by atoms with Gasteiger partial charge in [-0.25, -0.2) is 4.39 Å². The van der Waals surface area contributed by atoms with Gasteiger partial charge >= 0.3 is 0 Å². The van der Waals surface area contributed by atoms with Crippen LogP contribution in [0.2, 0.25) is 0 Å². The molecule has 0 heterocycles. The first kappa shape index (κ1) is 8.15. The highest BCUT2D eigenvalue weighted by molar-refractivity contribution is 5.15. The summed E-state index contributed by atoms with van der Waals surface area (Å²) in [7, 11) is 0. The number of rotatable bonds is 2. The molecule has 0 aliphatic carbocycles. The van der Waals surface area contributed by atoms with Crippen LogP contribution in [-0.4, -0.2) is 0 Å². The lowest BCUT2D eigenvalue weighted by Crippen LogP contribution is -1.59. The van der Waals surface area contributed by atoms with E-state index >= 15 is 0 Å². The summed E-state index contributed by atoms with van der Waals surface area (Å²) < 4.78 is 12.2. The molecule has 9 heavy (non-hydrogen) atoms. The molecule has 0 aliphatic rings. The van der Waals surface area contributed by atoms with E-state index in [1.54, 1.807) is 19.1 Å². The van der Waals surface area contributed by atoms with E-state index < -0.39 is 0 Å². The van der Waals surface area contributed by atoms with Gasteiger partial charge in [0, 0.05) is 0 Å². The molecule has 1 heteroatoms. The van der Waals surface area contributed by atoms with Gasteiger partial charge in [0.25, 0.3) is 0 Å². The van der Waals surface area contributed by atoms with Crippen LogP contribution >= 0.6 is 0 Å². The minimum atomic E-state index is -0.201. The first-order valence-corrected chi connectivity index (χ1v) is 2.92. The van der Waals surface area contributed by atoms with Gasteiger partial charge in [-0.15, -0.1) is 0 Å². The van der Waals surface area contributed by atoms with Gasteiger partial charge in [-0.1, -0.05) is 24.3 Å². The Morgan fingerprint density at radius 3 is 2.33 bits per heavy atom. The SMILES string of the molecule is C\C=C/C=C\C(F)=C\C. The third-order valence-corrected chi connectivity index (χ3v) is 0.835. The smallest absolute Gasteiger partial charge is 0.118 e. The number of allylic oxidation sites excluding steroid dienone is 6. The van der Waals surface area contributed by atoms with Gasteiger partial charge in [-0.05, 0) is 19.9 Å². The first-order chi connectivity index (χ1) is 4.31. The minimum Gasteiger partial charge on any atom is -0.207 e. The summed E-state index contributed by atoms with van der Waals surface area (Å²) in [6, 6.07) is 0. The molecular weight excluding hydrogens is 115 g/mol. The van der Waals surface area contributed by atoms with Crippen molar-refractivity contribution in [3.05, 3.63) is 36.2 Å². The molecule has 0 fully saturated rings. The van der Waals surface area contributed by atoms with E-state index in [0.29, 0.717) is 0 Å². The lowest BCUT2D eigenvalue weighted by molar-refractivity contribution is 0.665. The second-order valence-corrected chi connectivity index (χ2v) is 1.56. The van der Waals surface area contributed by atoms with Crippen LogP contribution in [0.5, 0.6) is 0 Å². The van der Waals surface area contributed by atoms with Crippen LogP contribution in [0.4, 0.5) is 4.39 Å². The van der Waals surface area contributed by atoms with Crippen LogP contribution in [0, 0.1) is 0 Å². The summed E-state index contributed by atoms with van der Waals surface area (Å²) in [5, 5.41) is 0. The van der Waals surface area contributed by atoms with E-state index in [0.717, 1.165) is 0 Å². The van der Waals surface area contributed by atoms with Crippen molar-refractivity contribution in [2.75, 3.05) is 0 Å². The third-order valence-electron chi connectivity index (χ3n) is 0.835. The van der Waals surface area contributed by atoms with E-state index in [-0.39, 0.29) is 5.83 Å². The Morgan fingerprint density at radius 1 is 1.22 bits per heavy atom. The van der Waals surface area contributed by atoms with Gasteiger partial charge in [0.1, 0.15) is 5.83 Å². The van der Waals surface area contributed by atoms with Crippen LogP contribution in [0.3, 0.4) is 0 Å². The quantitative estimate of drug-likeness (QED) is 0.499. The molecule has 0 saturated carbocycles. The maximum absolute atomic E-state index is 12.2. The second kappa shape index (κ2) is 5.29. The summed E-state index contributed by atoms with van der Waals surface area (Å²) in [4.78, 5) is 0. The molecule has 0 aromatic rings. The zero-order chi connectivity index (χ0) is 7.11. The topological polar surface area (TPSA) is 0 Å². The van der Waals surface area contributed by atoms with Crippen molar-refractivity contribution in [1.82, 2.24) is 0 Å². The van der Waals surface area contributed by atoms with Gasteiger partial charge in [0.15, 0.2) is 0 Å². The molecule has 0 saturated heterocycles. The molecule has 0 radical (unpaired) electrons. The average Bonchev–Trinajstić information content (AvgIpc) is 1.89. The Bertz CT molecular complexity index is 141. The maximum atomic E-state index is 12.2. The Hall–Kier alpha value is -0.850. The standard InChI is InChI=1S/C8H11F/c1-3-5-6-7-8(9)4-2/h3-7H,1-2H3/b5-3-,7-6-,8-4-.